The molecule has 1 radical (unpaired) electrons. The number of rotatable bonds is 10. The molecule has 0 spiro atoms. The van der Waals surface area contributed by atoms with Crippen LogP contribution in [0.2, 0.25) is 0 Å². The first-order valence-corrected chi connectivity index (χ1v) is 25.3. The predicted molar refractivity (Wildman–Crippen MR) is 277 cm³/mol. The maximum absolute atomic E-state index is 11.8. The number of aliphatic hydroxyl groups is 3. The second-order valence-corrected chi connectivity index (χ2v) is 18.8. The van der Waals surface area contributed by atoms with Crippen LogP contribution in [0, 0.1) is 49.4 Å². The Kier molecular flexibility index (Phi) is 22.3. The number of nitrogens with one attached hydrogen (secondary N) is 3. The summed E-state index contributed by atoms with van der Waals surface area (Å²) in [5, 5.41) is 37.7. The van der Waals surface area contributed by atoms with Crippen LogP contribution < -0.4 is 21.1 Å². The zero-order valence-electron chi connectivity index (χ0n) is 40.5. The van der Waals surface area contributed by atoms with Gasteiger partial charge in [-0.1, -0.05) is 78.9 Å². The summed E-state index contributed by atoms with van der Waals surface area (Å²) in [5.41, 5.74) is 11.4. The molecule has 3 aromatic heterocycles. The number of hydrogen-bond acceptors (Lipinski definition) is 17. The third kappa shape index (κ3) is 17.0. The molecular formula is C51H45EuF9N8O6S3. The van der Waals surface area contributed by atoms with Crippen LogP contribution in [0.15, 0.2) is 194 Å². The Morgan fingerprint density at radius 1 is 0.590 bits per heavy atom. The average molecular weight is 1290 g/mol. The molecule has 413 valence electrons. The first-order valence-electron chi connectivity index (χ1n) is 22.6. The van der Waals surface area contributed by atoms with Crippen LogP contribution in [0.4, 0.5) is 45.2 Å². The number of allylic oxidation sites excluding steroid dienone is 10. The van der Waals surface area contributed by atoms with Crippen molar-refractivity contribution in [2.24, 2.45) is 9.98 Å². The normalized spacial score (nSPS) is 18.4. The molecule has 2 aliphatic carbocycles. The smallest absolute Gasteiger partial charge is 0.448 e. The summed E-state index contributed by atoms with van der Waals surface area (Å²) in [6, 6.07) is 17.5. The molecule has 6 heterocycles. The number of halogens is 9. The number of fused-ring (bicyclic) bond motifs is 2. The zero-order chi connectivity index (χ0) is 56.1. The van der Waals surface area contributed by atoms with Crippen molar-refractivity contribution < 1.29 is 119 Å². The van der Waals surface area contributed by atoms with Crippen LogP contribution in [0.5, 0.6) is 0 Å². The minimum absolute atomic E-state index is 0. The van der Waals surface area contributed by atoms with E-state index in [-0.39, 0.29) is 100 Å². The van der Waals surface area contributed by atoms with Gasteiger partial charge in [-0.15, -0.1) is 34.0 Å². The van der Waals surface area contributed by atoms with Gasteiger partial charge in [-0.3, -0.25) is 19.7 Å². The molecule has 9 rings (SSSR count). The van der Waals surface area contributed by atoms with Crippen molar-refractivity contribution in [1.82, 2.24) is 26.2 Å². The number of anilines is 1. The number of aliphatic imine (C=N–C) groups is 2. The largest absolute Gasteiger partial charge is 0.504 e. The Morgan fingerprint density at radius 3 is 1.26 bits per heavy atom. The number of benzene rings is 1. The number of carbonyl (C=O) groups excluding carboxylic acids is 3. The summed E-state index contributed by atoms with van der Waals surface area (Å²) in [7, 11) is 0. The molecule has 2 atom stereocenters. The molecule has 27 heteroatoms. The zero-order valence-corrected chi connectivity index (χ0v) is 45.3. The Balaban J connectivity index is 0.000000217. The number of carbonyl (C=O) groups is 3. The van der Waals surface area contributed by atoms with Crippen molar-refractivity contribution in [2.75, 3.05) is 18.0 Å². The minimum atomic E-state index is -4.87. The molecule has 6 N–H and O–H groups in total. The Bertz CT molecular complexity index is 2830. The van der Waals surface area contributed by atoms with Gasteiger partial charge in [-0.2, -0.15) is 39.5 Å². The Labute approximate surface area is 492 Å². The van der Waals surface area contributed by atoms with Crippen LogP contribution in [-0.2, 0) is 0 Å². The molecule has 0 fully saturated rings. The van der Waals surface area contributed by atoms with Gasteiger partial charge in [0, 0.05) is 98.8 Å². The van der Waals surface area contributed by atoms with Gasteiger partial charge in [0.2, 0.25) is 29.2 Å². The number of guanidine groups is 2. The molecule has 78 heavy (non-hydrogen) atoms. The van der Waals surface area contributed by atoms with E-state index in [0.717, 1.165) is 64.6 Å². The topological polar surface area (TPSA) is 182 Å². The van der Waals surface area contributed by atoms with Crippen molar-refractivity contribution in [3.63, 3.8) is 0 Å². The van der Waals surface area contributed by atoms with Crippen molar-refractivity contribution in [3.8, 4) is 0 Å². The van der Waals surface area contributed by atoms with Gasteiger partial charge in [-0.05, 0) is 77.0 Å². The average Bonchev–Trinajstić information content (AvgIpc) is 4.27. The summed E-state index contributed by atoms with van der Waals surface area (Å²) in [4.78, 5) is 46.0. The quantitative estimate of drug-likeness (QED) is 0.0383. The molecule has 14 nitrogen and oxygen atoms in total. The van der Waals surface area contributed by atoms with Crippen molar-refractivity contribution in [3.05, 3.63) is 205 Å². The summed E-state index contributed by atoms with van der Waals surface area (Å²) in [6.45, 7) is 6.31. The second kappa shape index (κ2) is 27.9. The van der Waals surface area contributed by atoms with E-state index in [1.165, 1.54) is 53.2 Å². The predicted octanol–water partition coefficient (Wildman–Crippen LogP) is 12.0. The number of ketones is 3. The Morgan fingerprint density at radius 2 is 0.949 bits per heavy atom. The van der Waals surface area contributed by atoms with Gasteiger partial charge >= 0.3 is 18.5 Å². The molecule has 0 saturated heterocycles. The van der Waals surface area contributed by atoms with Crippen LogP contribution in [-0.4, -0.2) is 98.3 Å². The number of hydrazine groups is 2. The molecule has 4 aromatic rings. The summed E-state index contributed by atoms with van der Waals surface area (Å²) >= 11 is 3.03. The summed E-state index contributed by atoms with van der Waals surface area (Å²) in [6.07, 6.45) is 6.42. The third-order valence-electron chi connectivity index (χ3n) is 10.8. The fourth-order valence-corrected chi connectivity index (χ4v) is 8.92. The number of aliphatic hydroxyl groups excluding tert-OH is 3. The number of thiophene rings is 3. The van der Waals surface area contributed by atoms with E-state index in [1.807, 2.05) is 12.4 Å². The molecule has 0 amide bonds. The molecule has 2 unspecified atom stereocenters. The van der Waals surface area contributed by atoms with E-state index < -0.39 is 53.2 Å². The molecular weight excluding hydrogens is 1240 g/mol. The first-order chi connectivity index (χ1) is 36.5. The molecule has 1 aromatic carbocycles. The van der Waals surface area contributed by atoms with E-state index in [0.29, 0.717) is 0 Å². The van der Waals surface area contributed by atoms with Crippen molar-refractivity contribution in [1.29, 1.82) is 0 Å². The van der Waals surface area contributed by atoms with E-state index in [9.17, 15) is 53.9 Å². The van der Waals surface area contributed by atoms with Gasteiger partial charge in [-0.25, -0.2) is 20.0 Å². The Hall–Kier alpha value is -6.52. The SMILES string of the molecule is CCN(CC)c1ccc(C2N=C(N3NC=C4C=CC=CC43)NC(N3NC=C4C=CC=CC43)=N2)cc1.O=C(/C=C(\O)C(F)(F)F)c1cccs1.O=C(/C=C(\O)C(F)(F)F)c1cccs1.O=C(/C=C(\O)C(F)(F)F)c1cccs1.[Eu]. The van der Waals surface area contributed by atoms with Gasteiger partial charge in [0.25, 0.3) is 0 Å². The molecule has 3 aliphatic heterocycles. The van der Waals surface area contributed by atoms with Crippen LogP contribution in [0.25, 0.3) is 0 Å². The van der Waals surface area contributed by atoms with E-state index >= 15 is 0 Å². The third-order valence-corrected chi connectivity index (χ3v) is 13.5. The number of nitrogens with zero attached hydrogens (tertiary/aromatic N) is 5. The number of alkyl halides is 9. The molecule has 0 bridgehead atoms. The van der Waals surface area contributed by atoms with Crippen LogP contribution in [0.1, 0.15) is 54.6 Å². The second-order valence-electron chi connectivity index (χ2n) is 15.9. The molecule has 0 saturated carbocycles. The molecule has 5 aliphatic rings. The van der Waals surface area contributed by atoms with Gasteiger partial charge in [0.05, 0.1) is 26.7 Å². The van der Waals surface area contributed by atoms with E-state index in [4.69, 9.17) is 25.3 Å². The monoisotopic (exact) mass is 1290 g/mol. The number of hydrogen-bond donors (Lipinski definition) is 6. The van der Waals surface area contributed by atoms with Crippen molar-refractivity contribution in [2.45, 2.75) is 50.6 Å². The van der Waals surface area contributed by atoms with E-state index in [1.54, 1.807) is 16.1 Å². The minimum Gasteiger partial charge on any atom is -0.504 e. The van der Waals surface area contributed by atoms with Gasteiger partial charge in [0.15, 0.2) is 23.5 Å². The van der Waals surface area contributed by atoms with Crippen LogP contribution in [0.3, 0.4) is 0 Å². The van der Waals surface area contributed by atoms with Crippen LogP contribution >= 0.6 is 34.0 Å². The summed E-state index contributed by atoms with van der Waals surface area (Å²) in [5.74, 6) is -6.73. The maximum Gasteiger partial charge on any atom is 0.448 e. The fraction of sp³-hybridized carbons (Fsp3) is 0.196. The summed E-state index contributed by atoms with van der Waals surface area (Å²) < 4.78 is 106. The first kappa shape index (κ1) is 62.3. The van der Waals surface area contributed by atoms with Gasteiger partial charge < -0.3 is 31.1 Å². The standard InChI is InChI=1S/C27H30N8.3C8H5F3O2S.Eu/c1-3-33(4-2)22-15-13-19(14-16-22)25-30-26(34-23-11-7-5-9-20(23)17-28-34)32-27(31-25)35-24-12-8-6-10-21(24)18-29-35;3*9-8(10,11)7(13)4-5(12)6-2-1-3-14-6;/h5-18,23-25,28-29H,3-4H2,1-2H3,(H,30,31,32);3*1-4,13H;/b;3*7-4-;. The van der Waals surface area contributed by atoms with E-state index in [2.05, 4.69) is 118 Å². The van der Waals surface area contributed by atoms with Gasteiger partial charge in [0.1, 0.15) is 0 Å². The van der Waals surface area contributed by atoms with Crippen molar-refractivity contribution >= 4 is 69.0 Å². The maximum atomic E-state index is 11.8. The fourth-order valence-electron chi connectivity index (χ4n) is 7.02.